The molecule has 2 aliphatic rings. The number of carbonyl (C=O) groups excluding carboxylic acids is 1. The first-order valence-corrected chi connectivity index (χ1v) is 9.81. The summed E-state index contributed by atoms with van der Waals surface area (Å²) in [5.74, 6) is 1.08. The molecule has 2 fully saturated rings. The Morgan fingerprint density at radius 2 is 1.89 bits per heavy atom. The molecule has 0 unspecified atom stereocenters. The van der Waals surface area contributed by atoms with Crippen LogP contribution in [-0.4, -0.2) is 86.7 Å². The molecule has 2 saturated heterocycles. The van der Waals surface area contributed by atoms with Gasteiger partial charge in [0.1, 0.15) is 12.4 Å². The minimum absolute atomic E-state index is 0.104. The van der Waals surface area contributed by atoms with E-state index < -0.39 is 0 Å². The Bertz CT molecular complexity index is 656. The lowest BCUT2D eigenvalue weighted by Crippen LogP contribution is -2.64. The van der Waals surface area contributed by atoms with E-state index in [4.69, 9.17) is 9.47 Å². The molecule has 2 aliphatic heterocycles. The van der Waals surface area contributed by atoms with Gasteiger partial charge in [0, 0.05) is 57.5 Å². The number of hydrogen-bond acceptors (Lipinski definition) is 5. The van der Waals surface area contributed by atoms with Crippen LogP contribution >= 0.6 is 0 Å². The topological polar surface area (TPSA) is 45.3 Å². The summed E-state index contributed by atoms with van der Waals surface area (Å²) in [5, 5.41) is 0. The average Bonchev–Trinajstić information content (AvgIpc) is 2.67. The maximum Gasteiger partial charge on any atom is 0.248 e. The molecule has 1 amide bonds. The van der Waals surface area contributed by atoms with Crippen LogP contribution in [0.15, 0.2) is 18.2 Å². The van der Waals surface area contributed by atoms with Gasteiger partial charge in [-0.25, -0.2) is 0 Å². The third kappa shape index (κ3) is 4.45. The molecule has 150 valence electrons. The molecular weight excluding hydrogens is 342 g/mol. The fourth-order valence-corrected chi connectivity index (χ4v) is 4.43. The third-order valence-electron chi connectivity index (χ3n) is 6.23. The normalized spacial score (nSPS) is 20.8. The van der Waals surface area contributed by atoms with Crippen molar-refractivity contribution in [2.24, 2.45) is 0 Å². The number of carbonyl (C=O) groups is 1. The summed E-state index contributed by atoms with van der Waals surface area (Å²) in [6, 6.07) is 6.45. The van der Waals surface area contributed by atoms with Gasteiger partial charge in [-0.3, -0.25) is 14.6 Å². The van der Waals surface area contributed by atoms with Crippen molar-refractivity contribution < 1.29 is 14.3 Å². The van der Waals surface area contributed by atoms with Gasteiger partial charge in [0.25, 0.3) is 0 Å². The number of piperazine rings is 1. The predicted octanol–water partition coefficient (Wildman–Crippen LogP) is 1.76. The summed E-state index contributed by atoms with van der Waals surface area (Å²) in [6.07, 6.45) is 2.03. The molecule has 0 N–H and O–H groups in total. The number of methoxy groups -OCH3 is 2. The van der Waals surface area contributed by atoms with Crippen molar-refractivity contribution in [2.45, 2.75) is 31.8 Å². The van der Waals surface area contributed by atoms with E-state index in [9.17, 15) is 4.79 Å². The zero-order valence-electron chi connectivity index (χ0n) is 17.2. The lowest BCUT2D eigenvalue weighted by molar-refractivity contribution is -0.138. The second-order valence-electron chi connectivity index (χ2n) is 7.99. The zero-order chi connectivity index (χ0) is 19.4. The largest absolute Gasteiger partial charge is 0.496 e. The standard InChI is InChI=1S/C21H33N3O3/c1-17-5-6-18(19(13-17)27-4)14-23-12-11-22(2)21(16-23)7-9-24(10-8-21)20(25)15-26-3/h5-6,13H,7-12,14-16H2,1-4H3. The van der Waals surface area contributed by atoms with E-state index in [-0.39, 0.29) is 18.1 Å². The SMILES string of the molecule is COCC(=O)N1CCC2(CC1)CN(Cc1ccc(C)cc1OC)CCN2C. The van der Waals surface area contributed by atoms with E-state index in [1.807, 2.05) is 4.90 Å². The smallest absolute Gasteiger partial charge is 0.248 e. The van der Waals surface area contributed by atoms with Crippen molar-refractivity contribution in [1.29, 1.82) is 0 Å². The highest BCUT2D eigenvalue weighted by Gasteiger charge is 2.42. The summed E-state index contributed by atoms with van der Waals surface area (Å²) in [7, 11) is 5.56. The van der Waals surface area contributed by atoms with Crippen molar-refractivity contribution in [3.05, 3.63) is 29.3 Å². The zero-order valence-corrected chi connectivity index (χ0v) is 17.2. The fourth-order valence-electron chi connectivity index (χ4n) is 4.43. The number of amides is 1. The number of ether oxygens (including phenoxy) is 2. The van der Waals surface area contributed by atoms with Crippen LogP contribution < -0.4 is 4.74 Å². The molecule has 2 heterocycles. The van der Waals surface area contributed by atoms with Crippen molar-refractivity contribution in [3.8, 4) is 5.75 Å². The Morgan fingerprint density at radius 3 is 2.56 bits per heavy atom. The second kappa shape index (κ2) is 8.59. The highest BCUT2D eigenvalue weighted by molar-refractivity contribution is 5.77. The average molecular weight is 376 g/mol. The second-order valence-corrected chi connectivity index (χ2v) is 7.99. The monoisotopic (exact) mass is 375 g/mol. The Hall–Kier alpha value is -1.63. The third-order valence-corrected chi connectivity index (χ3v) is 6.23. The van der Waals surface area contributed by atoms with Gasteiger partial charge in [0.2, 0.25) is 5.91 Å². The Kier molecular flexibility index (Phi) is 6.40. The molecule has 6 heteroatoms. The number of hydrogen-bond donors (Lipinski definition) is 0. The first-order valence-electron chi connectivity index (χ1n) is 9.81. The number of benzene rings is 1. The summed E-state index contributed by atoms with van der Waals surface area (Å²) in [4.78, 5) is 19.1. The first kappa shape index (κ1) is 20.1. The van der Waals surface area contributed by atoms with Crippen molar-refractivity contribution in [3.63, 3.8) is 0 Å². The van der Waals surface area contributed by atoms with Gasteiger partial charge in [0.15, 0.2) is 0 Å². The van der Waals surface area contributed by atoms with Crippen LogP contribution in [0.3, 0.4) is 0 Å². The molecule has 0 bridgehead atoms. The molecule has 1 aromatic carbocycles. The maximum absolute atomic E-state index is 12.1. The fraction of sp³-hybridized carbons (Fsp3) is 0.667. The number of aryl methyl sites for hydroxylation is 1. The van der Waals surface area contributed by atoms with Crippen LogP contribution in [-0.2, 0) is 16.1 Å². The van der Waals surface area contributed by atoms with Crippen LogP contribution in [0.5, 0.6) is 5.75 Å². The molecule has 3 rings (SSSR count). The maximum atomic E-state index is 12.1. The quantitative estimate of drug-likeness (QED) is 0.785. The van der Waals surface area contributed by atoms with E-state index >= 15 is 0 Å². The highest BCUT2D eigenvalue weighted by Crippen LogP contribution is 2.33. The van der Waals surface area contributed by atoms with Gasteiger partial charge >= 0.3 is 0 Å². The number of likely N-dealkylation sites (tertiary alicyclic amines) is 1. The molecule has 27 heavy (non-hydrogen) atoms. The van der Waals surface area contributed by atoms with Gasteiger partial charge in [-0.1, -0.05) is 12.1 Å². The number of likely N-dealkylation sites (N-methyl/N-ethyl adjacent to an activating group) is 1. The molecule has 0 aliphatic carbocycles. The van der Waals surface area contributed by atoms with Crippen LogP contribution in [0, 0.1) is 6.92 Å². The van der Waals surface area contributed by atoms with E-state index in [0.717, 1.165) is 57.9 Å². The van der Waals surface area contributed by atoms with E-state index in [0.29, 0.717) is 0 Å². The predicted molar refractivity (Wildman–Crippen MR) is 106 cm³/mol. The summed E-state index contributed by atoms with van der Waals surface area (Å²) in [6.45, 7) is 7.96. The van der Waals surface area contributed by atoms with Crippen LogP contribution in [0.2, 0.25) is 0 Å². The Balaban J connectivity index is 1.66. The van der Waals surface area contributed by atoms with Crippen molar-refractivity contribution in [1.82, 2.24) is 14.7 Å². The lowest BCUT2D eigenvalue weighted by atomic mass is 9.83. The first-order chi connectivity index (χ1) is 13.0. The van der Waals surface area contributed by atoms with Crippen LogP contribution in [0.4, 0.5) is 0 Å². The van der Waals surface area contributed by atoms with Crippen LogP contribution in [0.1, 0.15) is 24.0 Å². The number of nitrogens with zero attached hydrogens (tertiary/aromatic N) is 3. The van der Waals surface area contributed by atoms with Gasteiger partial charge in [0.05, 0.1) is 7.11 Å². The Morgan fingerprint density at radius 1 is 1.15 bits per heavy atom. The van der Waals surface area contributed by atoms with Crippen molar-refractivity contribution in [2.75, 3.05) is 60.6 Å². The minimum Gasteiger partial charge on any atom is -0.496 e. The summed E-state index contributed by atoms with van der Waals surface area (Å²) >= 11 is 0. The van der Waals surface area contributed by atoms with Crippen molar-refractivity contribution >= 4 is 5.91 Å². The summed E-state index contributed by atoms with van der Waals surface area (Å²) < 4.78 is 10.6. The summed E-state index contributed by atoms with van der Waals surface area (Å²) in [5.41, 5.74) is 2.62. The molecular formula is C21H33N3O3. The lowest BCUT2D eigenvalue weighted by Gasteiger charge is -2.53. The minimum atomic E-state index is 0.104. The van der Waals surface area contributed by atoms with E-state index in [1.165, 1.54) is 11.1 Å². The molecule has 0 radical (unpaired) electrons. The molecule has 0 atom stereocenters. The van der Waals surface area contributed by atoms with Gasteiger partial charge in [-0.15, -0.1) is 0 Å². The van der Waals surface area contributed by atoms with E-state index in [1.54, 1.807) is 14.2 Å². The molecule has 0 saturated carbocycles. The molecule has 1 spiro atoms. The molecule has 6 nitrogen and oxygen atoms in total. The van der Waals surface area contributed by atoms with E-state index in [2.05, 4.69) is 42.0 Å². The van der Waals surface area contributed by atoms with Gasteiger partial charge in [-0.2, -0.15) is 0 Å². The van der Waals surface area contributed by atoms with Crippen LogP contribution in [0.25, 0.3) is 0 Å². The van der Waals surface area contributed by atoms with Gasteiger partial charge in [-0.05, 0) is 38.4 Å². The number of rotatable bonds is 5. The number of piperidine rings is 1. The van der Waals surface area contributed by atoms with Gasteiger partial charge < -0.3 is 14.4 Å². The molecule has 0 aromatic heterocycles. The Labute approximate surface area is 163 Å². The molecule has 1 aromatic rings. The highest BCUT2D eigenvalue weighted by atomic mass is 16.5.